The molecule has 2 aromatic carbocycles. The van der Waals surface area contributed by atoms with Gasteiger partial charge in [-0.2, -0.15) is 0 Å². The lowest BCUT2D eigenvalue weighted by Crippen LogP contribution is -2.41. The van der Waals surface area contributed by atoms with Crippen molar-refractivity contribution in [3.8, 4) is 0 Å². The fourth-order valence-electron chi connectivity index (χ4n) is 2.37. The third-order valence-electron chi connectivity index (χ3n) is 3.75. The van der Waals surface area contributed by atoms with E-state index in [4.69, 9.17) is 0 Å². The third-order valence-corrected chi connectivity index (χ3v) is 5.23. The minimum absolute atomic E-state index is 0.220. The van der Waals surface area contributed by atoms with Crippen LogP contribution in [0.3, 0.4) is 0 Å². The van der Waals surface area contributed by atoms with Gasteiger partial charge in [0.25, 0.3) is 0 Å². The fraction of sp³-hybridized carbons (Fsp3) is 0.316. The minimum atomic E-state index is -3.52. The number of hydrogen-bond donors (Lipinski definition) is 3. The molecule has 0 radical (unpaired) electrons. The van der Waals surface area contributed by atoms with Crippen molar-refractivity contribution in [2.75, 3.05) is 19.6 Å². The van der Waals surface area contributed by atoms with Crippen LogP contribution in [0.1, 0.15) is 18.1 Å². The molecule has 0 atom stereocenters. The number of guanidine groups is 1. The second-order valence-electron chi connectivity index (χ2n) is 5.92. The Morgan fingerprint density at radius 1 is 1.07 bits per heavy atom. The first-order chi connectivity index (χ1) is 12.9. The van der Waals surface area contributed by atoms with Gasteiger partial charge in [-0.1, -0.05) is 30.3 Å². The molecule has 3 N–H and O–H groups in total. The number of rotatable bonds is 8. The van der Waals surface area contributed by atoms with Crippen LogP contribution >= 0.6 is 0 Å². The molecule has 146 valence electrons. The van der Waals surface area contributed by atoms with E-state index in [1.54, 1.807) is 49.4 Å². The molecule has 0 aliphatic rings. The summed E-state index contributed by atoms with van der Waals surface area (Å²) in [5, 5.41) is 6.17. The number of sulfonamides is 1. The molecule has 27 heavy (non-hydrogen) atoms. The highest BCUT2D eigenvalue weighted by molar-refractivity contribution is 7.89. The van der Waals surface area contributed by atoms with Crippen LogP contribution in [-0.4, -0.2) is 34.0 Å². The van der Waals surface area contributed by atoms with Gasteiger partial charge in [0.1, 0.15) is 5.82 Å². The first kappa shape index (κ1) is 20.9. The molecule has 8 heteroatoms. The van der Waals surface area contributed by atoms with E-state index >= 15 is 0 Å². The average molecular weight is 393 g/mol. The van der Waals surface area contributed by atoms with Crippen LogP contribution in [0.25, 0.3) is 0 Å². The van der Waals surface area contributed by atoms with Crippen molar-refractivity contribution in [1.82, 2.24) is 15.4 Å². The van der Waals surface area contributed by atoms with E-state index in [0.717, 1.165) is 5.56 Å². The molecular formula is C19H25FN4O2S. The van der Waals surface area contributed by atoms with Gasteiger partial charge in [-0.15, -0.1) is 0 Å². The topological polar surface area (TPSA) is 82.6 Å². The quantitative estimate of drug-likeness (QED) is 0.365. The van der Waals surface area contributed by atoms with Crippen LogP contribution < -0.4 is 15.4 Å². The summed E-state index contributed by atoms with van der Waals surface area (Å²) in [7, 11) is -3.52. The number of nitrogens with one attached hydrogen (secondary N) is 3. The zero-order chi connectivity index (χ0) is 19.7. The molecular weight excluding hydrogens is 367 g/mol. The van der Waals surface area contributed by atoms with Crippen molar-refractivity contribution in [1.29, 1.82) is 0 Å². The van der Waals surface area contributed by atoms with Crippen molar-refractivity contribution in [2.45, 2.75) is 25.3 Å². The van der Waals surface area contributed by atoms with Gasteiger partial charge in [-0.25, -0.2) is 22.5 Å². The molecule has 6 nitrogen and oxygen atoms in total. The van der Waals surface area contributed by atoms with Crippen molar-refractivity contribution in [3.63, 3.8) is 0 Å². The number of benzene rings is 2. The van der Waals surface area contributed by atoms with Crippen LogP contribution in [-0.2, 0) is 16.6 Å². The highest BCUT2D eigenvalue weighted by Crippen LogP contribution is 2.10. The van der Waals surface area contributed by atoms with Gasteiger partial charge in [0, 0.05) is 19.6 Å². The lowest BCUT2D eigenvalue weighted by atomic mass is 10.1. The second kappa shape index (κ2) is 10.0. The van der Waals surface area contributed by atoms with Crippen LogP contribution in [0.15, 0.2) is 58.4 Å². The average Bonchev–Trinajstić information content (AvgIpc) is 2.66. The van der Waals surface area contributed by atoms with Crippen molar-refractivity contribution in [2.24, 2.45) is 4.99 Å². The second-order valence-corrected chi connectivity index (χ2v) is 7.68. The Hall–Kier alpha value is -2.45. The Labute approximate surface area is 160 Å². The summed E-state index contributed by atoms with van der Waals surface area (Å²) in [4.78, 5) is 4.67. The monoisotopic (exact) mass is 392 g/mol. The van der Waals surface area contributed by atoms with Gasteiger partial charge in [0.05, 0.1) is 11.4 Å². The van der Waals surface area contributed by atoms with E-state index in [9.17, 15) is 12.8 Å². The zero-order valence-electron chi connectivity index (χ0n) is 15.5. The predicted octanol–water partition coefficient (Wildman–Crippen LogP) is 2.17. The molecule has 0 amide bonds. The van der Waals surface area contributed by atoms with E-state index in [0.29, 0.717) is 31.2 Å². The lowest BCUT2D eigenvalue weighted by Gasteiger charge is -2.12. The molecule has 0 heterocycles. The maximum absolute atomic E-state index is 13.3. The third kappa shape index (κ3) is 6.65. The van der Waals surface area contributed by atoms with E-state index < -0.39 is 10.0 Å². The summed E-state index contributed by atoms with van der Waals surface area (Å²) in [5.74, 6) is 0.330. The predicted molar refractivity (Wildman–Crippen MR) is 106 cm³/mol. The molecule has 0 aromatic heterocycles. The number of hydrogen-bond acceptors (Lipinski definition) is 3. The molecule has 0 saturated carbocycles. The van der Waals surface area contributed by atoms with Crippen LogP contribution in [0, 0.1) is 12.7 Å². The summed E-state index contributed by atoms with van der Waals surface area (Å²) in [5.41, 5.74) is 1.48. The summed E-state index contributed by atoms with van der Waals surface area (Å²) in [6.45, 7) is 5.32. The number of halogens is 1. The van der Waals surface area contributed by atoms with E-state index in [1.807, 2.05) is 6.92 Å². The van der Waals surface area contributed by atoms with E-state index in [2.05, 4.69) is 20.3 Å². The smallest absolute Gasteiger partial charge is 0.240 e. The highest BCUT2D eigenvalue weighted by atomic mass is 32.2. The molecule has 0 unspecified atom stereocenters. The Balaban J connectivity index is 1.87. The maximum Gasteiger partial charge on any atom is 0.240 e. The lowest BCUT2D eigenvalue weighted by molar-refractivity contribution is 0.580. The SMILES string of the molecule is CCNC(=NCc1ccc(F)c(C)c1)NCCNS(=O)(=O)c1ccccc1. The van der Waals surface area contributed by atoms with Gasteiger partial charge < -0.3 is 10.6 Å². The minimum Gasteiger partial charge on any atom is -0.357 e. The maximum atomic E-state index is 13.3. The molecule has 0 saturated heterocycles. The van der Waals surface area contributed by atoms with Crippen LogP contribution in [0.5, 0.6) is 0 Å². The van der Waals surface area contributed by atoms with Gasteiger partial charge >= 0.3 is 0 Å². The molecule has 0 spiro atoms. The molecule has 2 rings (SSSR count). The molecule has 0 bridgehead atoms. The van der Waals surface area contributed by atoms with Gasteiger partial charge in [0.2, 0.25) is 10.0 Å². The van der Waals surface area contributed by atoms with Crippen LogP contribution in [0.2, 0.25) is 0 Å². The standard InChI is InChI=1S/C19H25FN4O2S/c1-3-21-19(23-14-16-9-10-18(20)15(2)13-16)22-11-12-24-27(25,26)17-7-5-4-6-8-17/h4-10,13,24H,3,11-12,14H2,1-2H3,(H2,21,22,23). The summed E-state index contributed by atoms with van der Waals surface area (Å²) in [6, 6.07) is 13.1. The van der Waals surface area contributed by atoms with E-state index in [-0.39, 0.29) is 17.3 Å². The Morgan fingerprint density at radius 3 is 2.48 bits per heavy atom. The highest BCUT2D eigenvalue weighted by Gasteiger charge is 2.12. The van der Waals surface area contributed by atoms with Crippen molar-refractivity contribution >= 4 is 16.0 Å². The van der Waals surface area contributed by atoms with Crippen LogP contribution in [0.4, 0.5) is 4.39 Å². The first-order valence-electron chi connectivity index (χ1n) is 8.74. The summed E-state index contributed by atoms with van der Waals surface area (Å²) >= 11 is 0. The number of aliphatic imine (C=N–C) groups is 1. The molecule has 0 fully saturated rings. The van der Waals surface area contributed by atoms with Gasteiger partial charge in [-0.05, 0) is 43.2 Å². The zero-order valence-corrected chi connectivity index (χ0v) is 16.3. The molecule has 0 aliphatic heterocycles. The Kier molecular flexibility index (Phi) is 7.75. The number of aryl methyl sites for hydroxylation is 1. The Bertz CT molecular complexity index is 871. The first-order valence-corrected chi connectivity index (χ1v) is 10.2. The van der Waals surface area contributed by atoms with Gasteiger partial charge in [-0.3, -0.25) is 0 Å². The van der Waals surface area contributed by atoms with E-state index in [1.165, 1.54) is 6.07 Å². The normalized spacial score (nSPS) is 12.0. The fourth-order valence-corrected chi connectivity index (χ4v) is 3.42. The van der Waals surface area contributed by atoms with Gasteiger partial charge in [0.15, 0.2) is 5.96 Å². The van der Waals surface area contributed by atoms with Crippen molar-refractivity contribution < 1.29 is 12.8 Å². The van der Waals surface area contributed by atoms with Crippen molar-refractivity contribution in [3.05, 3.63) is 65.5 Å². The molecule has 0 aliphatic carbocycles. The number of nitrogens with zero attached hydrogens (tertiary/aromatic N) is 1. The summed E-state index contributed by atoms with van der Waals surface area (Å²) < 4.78 is 40.2. The largest absolute Gasteiger partial charge is 0.357 e. The molecule has 2 aromatic rings. The Morgan fingerprint density at radius 2 is 1.81 bits per heavy atom. The summed E-state index contributed by atoms with van der Waals surface area (Å²) in [6.07, 6.45) is 0.